The van der Waals surface area contributed by atoms with Crippen LogP contribution < -0.4 is 15.4 Å². The minimum absolute atomic E-state index is 0.0603. The second-order valence-corrected chi connectivity index (χ2v) is 9.68. The third-order valence-electron chi connectivity index (χ3n) is 7.70. The average Bonchev–Trinajstić information content (AvgIpc) is 2.66. The Hall–Kier alpha value is -2.15. The molecule has 0 radical (unpaired) electrons. The Morgan fingerprint density at radius 3 is 2.31 bits per heavy atom. The van der Waals surface area contributed by atoms with E-state index in [0.29, 0.717) is 22.9 Å². The van der Waals surface area contributed by atoms with Gasteiger partial charge in [0.1, 0.15) is 5.75 Å². The van der Waals surface area contributed by atoms with Gasteiger partial charge < -0.3 is 15.4 Å². The third-order valence-corrected chi connectivity index (χ3v) is 7.70. The smallest absolute Gasteiger partial charge is 0.282 e. The molecule has 4 bridgehead atoms. The monoisotopic (exact) mass is 402 g/mol. The van der Waals surface area contributed by atoms with Crippen LogP contribution in [0.1, 0.15) is 52.4 Å². The highest BCUT2D eigenvalue weighted by atomic mass is 16.6. The summed E-state index contributed by atoms with van der Waals surface area (Å²) in [5.74, 6) is 2.88. The number of nitrogens with two attached hydrogens (primary N) is 1. The molecule has 1 aromatic carbocycles. The fourth-order valence-corrected chi connectivity index (χ4v) is 6.60. The first-order valence-electron chi connectivity index (χ1n) is 10.8. The molecule has 5 rings (SSSR count). The number of nitro groups is 1. The van der Waals surface area contributed by atoms with Gasteiger partial charge in [0.05, 0.1) is 29.8 Å². The van der Waals surface area contributed by atoms with Gasteiger partial charge >= 0.3 is 0 Å². The van der Waals surface area contributed by atoms with E-state index >= 15 is 0 Å². The number of methoxy groups -OCH3 is 1. The highest BCUT2D eigenvalue weighted by molar-refractivity contribution is 5.95. The van der Waals surface area contributed by atoms with Crippen LogP contribution in [0.4, 0.5) is 11.4 Å². The maximum Gasteiger partial charge on any atom is 0.282 e. The summed E-state index contributed by atoms with van der Waals surface area (Å²) in [5.41, 5.74) is 0.787. The Bertz CT molecular complexity index is 774. The van der Waals surface area contributed by atoms with Gasteiger partial charge in [-0.3, -0.25) is 14.9 Å². The van der Waals surface area contributed by atoms with E-state index in [1.54, 1.807) is 0 Å². The van der Waals surface area contributed by atoms with E-state index in [4.69, 9.17) is 4.74 Å². The number of carbonyl (C=O) groups excluding carboxylic acids is 1. The van der Waals surface area contributed by atoms with E-state index in [1.165, 1.54) is 63.8 Å². The number of nitrogens with one attached hydrogen (secondary N) is 1. The van der Waals surface area contributed by atoms with E-state index in [0.717, 1.165) is 17.8 Å². The Morgan fingerprint density at radius 2 is 1.79 bits per heavy atom. The summed E-state index contributed by atoms with van der Waals surface area (Å²) in [4.78, 5) is 23.3. The van der Waals surface area contributed by atoms with Gasteiger partial charge in [-0.05, 0) is 76.2 Å². The molecule has 0 spiro atoms. The predicted octanol–water partition coefficient (Wildman–Crippen LogP) is 3.10. The van der Waals surface area contributed by atoms with Crippen molar-refractivity contribution in [2.75, 3.05) is 12.4 Å². The van der Waals surface area contributed by atoms with Gasteiger partial charge in [0.15, 0.2) is 6.04 Å². The number of amides is 1. The van der Waals surface area contributed by atoms with Crippen molar-refractivity contribution < 1.29 is 19.8 Å². The summed E-state index contributed by atoms with van der Waals surface area (Å²) in [6, 6.07) is 4.42. The summed E-state index contributed by atoms with van der Waals surface area (Å²) in [7, 11) is 1.44. The molecular formula is C22H32N3O4+. The number of nitro benzene ring substituents is 1. The maximum absolute atomic E-state index is 12.8. The molecule has 0 heterocycles. The van der Waals surface area contributed by atoms with Gasteiger partial charge in [0.2, 0.25) is 0 Å². The maximum atomic E-state index is 12.8. The van der Waals surface area contributed by atoms with Crippen LogP contribution in [0.15, 0.2) is 18.2 Å². The van der Waals surface area contributed by atoms with Gasteiger partial charge in [0, 0.05) is 11.5 Å². The zero-order valence-electron chi connectivity index (χ0n) is 17.5. The largest absolute Gasteiger partial charge is 0.494 e. The predicted molar refractivity (Wildman–Crippen MR) is 110 cm³/mol. The summed E-state index contributed by atoms with van der Waals surface area (Å²) >= 11 is 0. The first-order valence-corrected chi connectivity index (χ1v) is 10.8. The van der Waals surface area contributed by atoms with Gasteiger partial charge in [-0.15, -0.1) is 0 Å². The van der Waals surface area contributed by atoms with Crippen LogP contribution in [0.2, 0.25) is 0 Å². The lowest BCUT2D eigenvalue weighted by molar-refractivity contribution is -0.718. The number of quaternary nitrogens is 1. The molecule has 1 amide bonds. The lowest BCUT2D eigenvalue weighted by atomic mass is 9.48. The van der Waals surface area contributed by atoms with Crippen molar-refractivity contribution in [3.8, 4) is 5.75 Å². The number of benzene rings is 1. The molecule has 0 aromatic heterocycles. The van der Waals surface area contributed by atoms with Crippen molar-refractivity contribution >= 4 is 17.3 Å². The molecule has 158 valence electrons. The number of hydrogen-bond donors (Lipinski definition) is 2. The molecule has 0 saturated heterocycles. The zero-order valence-corrected chi connectivity index (χ0v) is 17.5. The van der Waals surface area contributed by atoms with Crippen LogP contribution in [0, 0.1) is 33.3 Å². The Balaban J connectivity index is 1.40. The standard InChI is InChI=1S/C22H31N3O4/c1-13(21(26)24-19-5-4-18(25(27)28)9-20(19)29-3)23-14(2)22-10-15-6-16(11-22)8-17(7-15)12-22/h4-5,9,13-17,23H,6-8,10-12H2,1-3H3,(H,24,26)/p+1/t13-,14-,15?,16?,17?,22?/m1/s1. The zero-order chi connectivity index (χ0) is 20.8. The number of non-ortho nitro benzene ring substituents is 1. The Morgan fingerprint density at radius 1 is 1.21 bits per heavy atom. The molecule has 4 aliphatic carbocycles. The van der Waals surface area contributed by atoms with Crippen LogP contribution in [0.3, 0.4) is 0 Å². The fraction of sp³-hybridized carbons (Fsp3) is 0.682. The molecule has 4 fully saturated rings. The van der Waals surface area contributed by atoms with Crippen LogP contribution >= 0.6 is 0 Å². The van der Waals surface area contributed by atoms with E-state index in [9.17, 15) is 14.9 Å². The Kier molecular flexibility index (Phi) is 5.27. The number of nitrogens with zero attached hydrogens (tertiary/aromatic N) is 1. The van der Waals surface area contributed by atoms with E-state index < -0.39 is 4.92 Å². The molecule has 7 nitrogen and oxygen atoms in total. The summed E-state index contributed by atoms with van der Waals surface area (Å²) in [6.45, 7) is 4.23. The first kappa shape index (κ1) is 20.1. The third kappa shape index (κ3) is 3.84. The van der Waals surface area contributed by atoms with Gasteiger partial charge in [0.25, 0.3) is 11.6 Å². The lowest BCUT2D eigenvalue weighted by Crippen LogP contribution is -2.98. The minimum Gasteiger partial charge on any atom is -0.494 e. The molecule has 7 heteroatoms. The quantitative estimate of drug-likeness (QED) is 0.541. The SMILES string of the molecule is COc1cc([N+](=O)[O-])ccc1NC(=O)[C@@H](C)[NH2+][C@H](C)C12CC3CC(CC(C3)C1)C2. The molecule has 4 aliphatic rings. The second kappa shape index (κ2) is 7.59. The number of rotatable bonds is 7. The van der Waals surface area contributed by atoms with Gasteiger partial charge in [-0.25, -0.2) is 0 Å². The normalized spacial score (nSPS) is 31.9. The molecule has 0 unspecified atom stereocenters. The number of hydrogen-bond acceptors (Lipinski definition) is 4. The second-order valence-electron chi connectivity index (χ2n) is 9.68. The van der Waals surface area contributed by atoms with Crippen molar-refractivity contribution in [3.63, 3.8) is 0 Å². The summed E-state index contributed by atoms with van der Waals surface area (Å²) in [5, 5.41) is 16.1. The first-order chi connectivity index (χ1) is 13.8. The molecular weight excluding hydrogens is 370 g/mol. The van der Waals surface area contributed by atoms with E-state index in [2.05, 4.69) is 17.6 Å². The van der Waals surface area contributed by atoms with Crippen LogP contribution in [0.5, 0.6) is 5.75 Å². The lowest BCUT2D eigenvalue weighted by Gasteiger charge is -2.58. The van der Waals surface area contributed by atoms with Crippen molar-refractivity contribution in [3.05, 3.63) is 28.3 Å². The van der Waals surface area contributed by atoms with Crippen LogP contribution in [-0.4, -0.2) is 30.0 Å². The number of ether oxygens (including phenoxy) is 1. The molecule has 29 heavy (non-hydrogen) atoms. The van der Waals surface area contributed by atoms with E-state index in [-0.39, 0.29) is 17.6 Å². The summed E-state index contributed by atoms with van der Waals surface area (Å²) < 4.78 is 5.23. The highest BCUT2D eigenvalue weighted by Crippen LogP contribution is 2.60. The average molecular weight is 403 g/mol. The van der Waals surface area contributed by atoms with Crippen LogP contribution in [-0.2, 0) is 4.79 Å². The summed E-state index contributed by atoms with van der Waals surface area (Å²) in [6.07, 6.45) is 8.22. The molecule has 4 saturated carbocycles. The van der Waals surface area contributed by atoms with Crippen molar-refractivity contribution in [1.82, 2.24) is 0 Å². The van der Waals surface area contributed by atoms with Gasteiger partial charge in [-0.2, -0.15) is 0 Å². The van der Waals surface area contributed by atoms with Gasteiger partial charge in [-0.1, -0.05) is 0 Å². The minimum atomic E-state index is -0.475. The number of carbonyl (C=O) groups is 1. The highest BCUT2D eigenvalue weighted by Gasteiger charge is 2.54. The van der Waals surface area contributed by atoms with Crippen LogP contribution in [0.25, 0.3) is 0 Å². The van der Waals surface area contributed by atoms with E-state index in [1.807, 2.05) is 6.92 Å². The van der Waals surface area contributed by atoms with Crippen molar-refractivity contribution in [2.45, 2.75) is 64.5 Å². The molecule has 2 atom stereocenters. The fourth-order valence-electron chi connectivity index (χ4n) is 6.60. The molecule has 3 N–H and O–H groups in total. The Labute approximate surface area is 171 Å². The topological polar surface area (TPSA) is 98.1 Å². The molecule has 0 aliphatic heterocycles. The van der Waals surface area contributed by atoms with Crippen molar-refractivity contribution in [2.24, 2.45) is 23.2 Å². The number of anilines is 1. The molecule has 1 aromatic rings. The van der Waals surface area contributed by atoms with Crippen molar-refractivity contribution in [1.29, 1.82) is 0 Å².